The normalized spacial score (nSPS) is 9.72. The summed E-state index contributed by atoms with van der Waals surface area (Å²) in [6.07, 6.45) is 0. The van der Waals surface area contributed by atoms with Gasteiger partial charge in [0, 0.05) is 12.2 Å². The van der Waals surface area contributed by atoms with Crippen LogP contribution in [-0.2, 0) is 6.54 Å². The van der Waals surface area contributed by atoms with Crippen LogP contribution in [0.1, 0.15) is 11.1 Å². The second kappa shape index (κ2) is 5.11. The summed E-state index contributed by atoms with van der Waals surface area (Å²) in [5.41, 5.74) is 15.1. The molecule has 0 radical (unpaired) electrons. The molecule has 0 bridgehead atoms. The van der Waals surface area contributed by atoms with Crippen molar-refractivity contribution in [1.29, 1.82) is 5.26 Å². The zero-order valence-electron chi connectivity index (χ0n) is 9.85. The van der Waals surface area contributed by atoms with Crippen LogP contribution in [0.25, 0.3) is 0 Å². The van der Waals surface area contributed by atoms with Gasteiger partial charge >= 0.3 is 0 Å². The highest BCUT2D eigenvalue weighted by atomic mass is 14.9. The Balaban J connectivity index is 2.07. The second-order valence-electron chi connectivity index (χ2n) is 4.01. The number of hydrogen-bond acceptors (Lipinski definition) is 4. The number of nitrogens with two attached hydrogens (primary N) is 2. The molecule has 2 rings (SSSR count). The van der Waals surface area contributed by atoms with Crippen molar-refractivity contribution in [3.8, 4) is 6.07 Å². The quantitative estimate of drug-likeness (QED) is 0.716. The van der Waals surface area contributed by atoms with Crippen LogP contribution in [-0.4, -0.2) is 0 Å². The minimum atomic E-state index is 0.561. The fourth-order valence-corrected chi connectivity index (χ4v) is 1.64. The maximum Gasteiger partial charge on any atom is 0.0991 e. The third kappa shape index (κ3) is 2.71. The molecule has 0 aliphatic heterocycles. The molecule has 0 fully saturated rings. The predicted molar refractivity (Wildman–Crippen MR) is 73.8 cm³/mol. The maximum atomic E-state index is 8.81. The van der Waals surface area contributed by atoms with Crippen molar-refractivity contribution in [3.63, 3.8) is 0 Å². The van der Waals surface area contributed by atoms with Crippen LogP contribution in [0.2, 0.25) is 0 Å². The van der Waals surface area contributed by atoms with E-state index < -0.39 is 0 Å². The zero-order valence-corrected chi connectivity index (χ0v) is 9.85. The van der Waals surface area contributed by atoms with E-state index >= 15 is 0 Å². The second-order valence-corrected chi connectivity index (χ2v) is 4.01. The van der Waals surface area contributed by atoms with E-state index in [0.717, 1.165) is 11.3 Å². The molecule has 2 aromatic rings. The van der Waals surface area contributed by atoms with Gasteiger partial charge in [0.15, 0.2) is 0 Å². The standard InChI is InChI=1S/C14H14N4/c15-8-10-2-1-3-11(6-10)9-18-12-4-5-13(16)14(17)7-12/h1-7,18H,9,16-17H2. The number of benzene rings is 2. The van der Waals surface area contributed by atoms with Gasteiger partial charge in [0.25, 0.3) is 0 Å². The van der Waals surface area contributed by atoms with E-state index in [1.54, 1.807) is 18.2 Å². The number of nitrogen functional groups attached to an aromatic ring is 2. The van der Waals surface area contributed by atoms with Crippen LogP contribution in [0.4, 0.5) is 17.1 Å². The van der Waals surface area contributed by atoms with Crippen molar-refractivity contribution >= 4 is 17.1 Å². The maximum absolute atomic E-state index is 8.81. The first-order chi connectivity index (χ1) is 8.69. The van der Waals surface area contributed by atoms with E-state index in [-0.39, 0.29) is 0 Å². The van der Waals surface area contributed by atoms with Crippen LogP contribution in [0.3, 0.4) is 0 Å². The van der Waals surface area contributed by atoms with Crippen molar-refractivity contribution in [2.24, 2.45) is 0 Å². The summed E-state index contributed by atoms with van der Waals surface area (Å²) in [4.78, 5) is 0. The molecule has 0 unspecified atom stereocenters. The molecule has 4 heteroatoms. The predicted octanol–water partition coefficient (Wildman–Crippen LogP) is 2.33. The molecule has 5 N–H and O–H groups in total. The Morgan fingerprint density at radius 1 is 1.06 bits per heavy atom. The number of hydrogen-bond donors (Lipinski definition) is 3. The Kier molecular flexibility index (Phi) is 3.35. The first-order valence-electron chi connectivity index (χ1n) is 5.57. The molecular weight excluding hydrogens is 224 g/mol. The third-order valence-corrected chi connectivity index (χ3v) is 2.64. The van der Waals surface area contributed by atoms with Gasteiger partial charge in [0.1, 0.15) is 0 Å². The van der Waals surface area contributed by atoms with Gasteiger partial charge in [-0.05, 0) is 35.9 Å². The van der Waals surface area contributed by atoms with Crippen molar-refractivity contribution in [1.82, 2.24) is 0 Å². The summed E-state index contributed by atoms with van der Waals surface area (Å²) in [6.45, 7) is 0.638. The summed E-state index contributed by atoms with van der Waals surface area (Å²) in [5, 5.41) is 12.0. The number of rotatable bonds is 3. The lowest BCUT2D eigenvalue weighted by Crippen LogP contribution is -2.01. The SMILES string of the molecule is N#Cc1cccc(CNc2ccc(N)c(N)c2)c1. The van der Waals surface area contributed by atoms with Gasteiger partial charge in [-0.1, -0.05) is 12.1 Å². The monoisotopic (exact) mass is 238 g/mol. The van der Waals surface area contributed by atoms with E-state index in [2.05, 4.69) is 11.4 Å². The average molecular weight is 238 g/mol. The average Bonchev–Trinajstić information content (AvgIpc) is 2.40. The Morgan fingerprint density at radius 2 is 1.89 bits per heavy atom. The third-order valence-electron chi connectivity index (χ3n) is 2.64. The summed E-state index contributed by atoms with van der Waals surface area (Å²) in [7, 11) is 0. The molecule has 0 aliphatic carbocycles. The van der Waals surface area contributed by atoms with E-state index in [0.29, 0.717) is 23.5 Å². The Hall–Kier alpha value is -2.67. The summed E-state index contributed by atoms with van der Waals surface area (Å²) in [5.74, 6) is 0. The van der Waals surface area contributed by atoms with Gasteiger partial charge in [0.2, 0.25) is 0 Å². The van der Waals surface area contributed by atoms with Crippen molar-refractivity contribution in [3.05, 3.63) is 53.6 Å². The minimum Gasteiger partial charge on any atom is -0.397 e. The summed E-state index contributed by atoms with van der Waals surface area (Å²) < 4.78 is 0. The molecule has 90 valence electrons. The lowest BCUT2D eigenvalue weighted by atomic mass is 10.1. The van der Waals surface area contributed by atoms with Gasteiger partial charge in [-0.15, -0.1) is 0 Å². The van der Waals surface area contributed by atoms with Gasteiger partial charge in [-0.3, -0.25) is 0 Å². The van der Waals surface area contributed by atoms with E-state index in [1.165, 1.54) is 0 Å². The van der Waals surface area contributed by atoms with E-state index in [4.69, 9.17) is 16.7 Å². The zero-order chi connectivity index (χ0) is 13.0. The van der Waals surface area contributed by atoms with Gasteiger partial charge in [-0.25, -0.2) is 0 Å². The minimum absolute atomic E-state index is 0.561. The summed E-state index contributed by atoms with van der Waals surface area (Å²) >= 11 is 0. The first-order valence-corrected chi connectivity index (χ1v) is 5.57. The van der Waals surface area contributed by atoms with Crippen molar-refractivity contribution in [2.75, 3.05) is 16.8 Å². The molecule has 0 aliphatic rings. The Labute approximate surface area is 106 Å². The fraction of sp³-hybridized carbons (Fsp3) is 0.0714. The van der Waals surface area contributed by atoms with Crippen molar-refractivity contribution in [2.45, 2.75) is 6.54 Å². The number of nitriles is 1. The van der Waals surface area contributed by atoms with Crippen molar-refractivity contribution < 1.29 is 0 Å². The molecule has 0 saturated heterocycles. The highest BCUT2D eigenvalue weighted by Gasteiger charge is 1.98. The van der Waals surface area contributed by atoms with E-state index in [9.17, 15) is 0 Å². The molecule has 0 spiro atoms. The van der Waals surface area contributed by atoms with Gasteiger partial charge < -0.3 is 16.8 Å². The molecule has 18 heavy (non-hydrogen) atoms. The number of nitrogens with zero attached hydrogens (tertiary/aromatic N) is 1. The number of anilines is 3. The molecule has 0 saturated carbocycles. The van der Waals surface area contributed by atoms with E-state index in [1.807, 2.05) is 24.3 Å². The van der Waals surface area contributed by atoms with Crippen LogP contribution in [0.5, 0.6) is 0 Å². The van der Waals surface area contributed by atoms with Gasteiger partial charge in [-0.2, -0.15) is 5.26 Å². The lowest BCUT2D eigenvalue weighted by molar-refractivity contribution is 1.15. The summed E-state index contributed by atoms with van der Waals surface area (Å²) in [6, 6.07) is 15.0. The molecular formula is C14H14N4. The topological polar surface area (TPSA) is 87.9 Å². The number of nitrogens with one attached hydrogen (secondary N) is 1. The van der Waals surface area contributed by atoms with Crippen LogP contribution in [0.15, 0.2) is 42.5 Å². The van der Waals surface area contributed by atoms with Crippen LogP contribution < -0.4 is 16.8 Å². The highest BCUT2D eigenvalue weighted by Crippen LogP contribution is 2.20. The Morgan fingerprint density at radius 3 is 2.61 bits per heavy atom. The largest absolute Gasteiger partial charge is 0.397 e. The molecule has 2 aromatic carbocycles. The van der Waals surface area contributed by atoms with Crippen LogP contribution >= 0.6 is 0 Å². The molecule has 0 atom stereocenters. The lowest BCUT2D eigenvalue weighted by Gasteiger charge is -2.08. The van der Waals surface area contributed by atoms with Gasteiger partial charge in [0.05, 0.1) is 23.0 Å². The molecule has 0 heterocycles. The van der Waals surface area contributed by atoms with Crippen LogP contribution in [0, 0.1) is 11.3 Å². The highest BCUT2D eigenvalue weighted by molar-refractivity contribution is 5.69. The fourth-order valence-electron chi connectivity index (χ4n) is 1.64. The Bertz CT molecular complexity index is 599. The first kappa shape index (κ1) is 11.8. The molecule has 0 aromatic heterocycles. The molecule has 4 nitrogen and oxygen atoms in total. The smallest absolute Gasteiger partial charge is 0.0991 e. The molecule has 0 amide bonds.